The normalized spacial score (nSPS) is 52.1. The van der Waals surface area contributed by atoms with Crippen LogP contribution in [0.2, 0.25) is 0 Å². The fourth-order valence-corrected chi connectivity index (χ4v) is 6.98. The first kappa shape index (κ1) is 15.5. The molecule has 3 aliphatic carbocycles. The lowest BCUT2D eigenvalue weighted by Gasteiger charge is -2.60. The molecule has 0 aromatic rings. The van der Waals surface area contributed by atoms with Gasteiger partial charge in [0.15, 0.2) is 0 Å². The minimum atomic E-state index is -0.953. The van der Waals surface area contributed by atoms with E-state index in [9.17, 15) is 14.7 Å². The number of carbonyl (C=O) groups excluding carboxylic acids is 1. The summed E-state index contributed by atoms with van der Waals surface area (Å²) in [5.41, 5.74) is 0.484. The average Bonchev–Trinajstić information content (AvgIpc) is 2.89. The molecule has 3 saturated carbocycles. The first-order valence-electron chi connectivity index (χ1n) is 9.38. The van der Waals surface area contributed by atoms with Crippen molar-refractivity contribution >= 4 is 11.9 Å². The van der Waals surface area contributed by atoms with Gasteiger partial charge in [-0.2, -0.15) is 0 Å². The molecule has 4 rings (SSSR count). The number of nitrogens with one attached hydrogen (secondary N) is 1. The lowest BCUT2D eigenvalue weighted by atomic mass is 9.47. The average molecular weight is 319 g/mol. The lowest BCUT2D eigenvalue weighted by molar-refractivity contribution is -0.159. The second-order valence-electron chi connectivity index (χ2n) is 9.20. The highest BCUT2D eigenvalue weighted by atomic mass is 16.4. The van der Waals surface area contributed by atoms with Gasteiger partial charge in [0.2, 0.25) is 5.91 Å². The molecule has 0 bridgehead atoms. The van der Waals surface area contributed by atoms with Crippen LogP contribution in [-0.4, -0.2) is 23.0 Å². The van der Waals surface area contributed by atoms with Crippen molar-refractivity contribution in [1.82, 2.24) is 5.32 Å². The molecule has 4 fully saturated rings. The van der Waals surface area contributed by atoms with Crippen LogP contribution >= 0.6 is 0 Å². The summed E-state index contributed by atoms with van der Waals surface area (Å²) in [5.74, 6) is 0.0689. The number of hydrogen-bond acceptors (Lipinski definition) is 2. The molecule has 0 spiro atoms. The Hall–Kier alpha value is -1.06. The van der Waals surface area contributed by atoms with E-state index in [0.717, 1.165) is 18.3 Å². The van der Waals surface area contributed by atoms with E-state index in [1.807, 2.05) is 0 Å². The summed E-state index contributed by atoms with van der Waals surface area (Å²) in [7, 11) is 0. The number of piperidine rings is 1. The van der Waals surface area contributed by atoms with Gasteiger partial charge in [-0.05, 0) is 73.5 Å². The van der Waals surface area contributed by atoms with Crippen molar-refractivity contribution in [3.8, 4) is 0 Å². The first-order chi connectivity index (χ1) is 10.8. The van der Waals surface area contributed by atoms with Crippen molar-refractivity contribution < 1.29 is 14.7 Å². The van der Waals surface area contributed by atoms with Crippen molar-refractivity contribution in [2.45, 2.75) is 71.3 Å². The smallest absolute Gasteiger partial charge is 0.316 e. The number of carbonyl (C=O) groups is 2. The van der Waals surface area contributed by atoms with Crippen LogP contribution in [0.3, 0.4) is 0 Å². The van der Waals surface area contributed by atoms with Crippen molar-refractivity contribution in [1.29, 1.82) is 0 Å². The van der Waals surface area contributed by atoms with E-state index in [0.29, 0.717) is 17.8 Å². The molecule has 1 heterocycles. The zero-order valence-electron chi connectivity index (χ0n) is 14.3. The van der Waals surface area contributed by atoms with E-state index in [1.165, 1.54) is 38.5 Å². The number of fused-ring (bicyclic) bond motifs is 5. The topological polar surface area (TPSA) is 66.4 Å². The van der Waals surface area contributed by atoms with E-state index >= 15 is 0 Å². The Balaban J connectivity index is 1.65. The third-order valence-electron chi connectivity index (χ3n) is 8.23. The Kier molecular flexibility index (Phi) is 3.34. The zero-order valence-corrected chi connectivity index (χ0v) is 14.3. The van der Waals surface area contributed by atoms with E-state index in [4.69, 9.17) is 0 Å². The maximum Gasteiger partial charge on any atom is 0.316 e. The summed E-state index contributed by atoms with van der Waals surface area (Å²) in [5, 5.41) is 12.5. The molecular weight excluding hydrogens is 290 g/mol. The van der Waals surface area contributed by atoms with Gasteiger partial charge in [-0.1, -0.05) is 20.3 Å². The van der Waals surface area contributed by atoms with Crippen molar-refractivity contribution in [2.24, 2.45) is 34.5 Å². The van der Waals surface area contributed by atoms with Crippen LogP contribution in [0, 0.1) is 34.5 Å². The van der Waals surface area contributed by atoms with Crippen molar-refractivity contribution in [2.75, 3.05) is 0 Å². The van der Waals surface area contributed by atoms with Gasteiger partial charge in [0.25, 0.3) is 0 Å². The van der Waals surface area contributed by atoms with E-state index in [1.54, 1.807) is 0 Å². The maximum atomic E-state index is 12.1. The highest BCUT2D eigenvalue weighted by molar-refractivity contribution is 5.97. The molecule has 1 aliphatic heterocycles. The maximum absolute atomic E-state index is 12.1. The van der Waals surface area contributed by atoms with Gasteiger partial charge in [-0.3, -0.25) is 9.59 Å². The van der Waals surface area contributed by atoms with Gasteiger partial charge in [-0.15, -0.1) is 0 Å². The van der Waals surface area contributed by atoms with Crippen molar-refractivity contribution in [3.63, 3.8) is 0 Å². The van der Waals surface area contributed by atoms with Crippen LogP contribution < -0.4 is 5.32 Å². The fourth-order valence-electron chi connectivity index (χ4n) is 6.98. The third-order valence-corrected chi connectivity index (χ3v) is 8.23. The van der Waals surface area contributed by atoms with Crippen molar-refractivity contribution in [3.05, 3.63) is 0 Å². The Bertz CT molecular complexity index is 547. The number of rotatable bonds is 1. The molecule has 128 valence electrons. The fraction of sp³-hybridized carbons (Fsp3) is 0.895. The molecule has 2 unspecified atom stereocenters. The Morgan fingerprint density at radius 3 is 2.65 bits per heavy atom. The van der Waals surface area contributed by atoms with Gasteiger partial charge in [-0.25, -0.2) is 0 Å². The minimum Gasteiger partial charge on any atom is -0.481 e. The number of carboxylic acid groups (broad SMARTS) is 1. The minimum absolute atomic E-state index is 0.0379. The molecule has 0 aromatic carbocycles. The molecule has 7 atom stereocenters. The second kappa shape index (κ2) is 4.97. The lowest BCUT2D eigenvalue weighted by Crippen LogP contribution is -2.63. The summed E-state index contributed by atoms with van der Waals surface area (Å²) in [6, 6.07) is 0.178. The van der Waals surface area contributed by atoms with Crippen LogP contribution in [0.25, 0.3) is 0 Å². The number of hydrogen-bond donors (Lipinski definition) is 2. The first-order valence-corrected chi connectivity index (χ1v) is 9.38. The molecule has 2 N–H and O–H groups in total. The van der Waals surface area contributed by atoms with Gasteiger partial charge < -0.3 is 10.4 Å². The molecule has 1 saturated heterocycles. The Morgan fingerprint density at radius 2 is 1.91 bits per heavy atom. The van der Waals surface area contributed by atoms with Crippen LogP contribution in [0.15, 0.2) is 0 Å². The van der Waals surface area contributed by atoms with E-state index in [2.05, 4.69) is 19.2 Å². The van der Waals surface area contributed by atoms with Crippen LogP contribution in [0.4, 0.5) is 0 Å². The summed E-state index contributed by atoms with van der Waals surface area (Å²) in [6.45, 7) is 4.75. The highest BCUT2D eigenvalue weighted by Gasteiger charge is 2.59. The Labute approximate surface area is 138 Å². The standard InChI is InChI=1S/C19H29NO3/c1-18-8-3-4-13(18)11-5-6-15-19(2,14(11)7-9-18)10-12(17(22)23)16(21)20-15/h11-15H,3-10H2,1-2H3,(H,20,21)(H,22,23)/t11-,12?,13-,14+,15?,18-,19+/m0/s1. The quantitative estimate of drug-likeness (QED) is 0.729. The molecule has 0 aromatic heterocycles. The van der Waals surface area contributed by atoms with Crippen LogP contribution in [0.1, 0.15) is 65.2 Å². The molecule has 0 radical (unpaired) electrons. The van der Waals surface area contributed by atoms with E-state index < -0.39 is 11.9 Å². The Morgan fingerprint density at radius 1 is 1.13 bits per heavy atom. The monoisotopic (exact) mass is 319 g/mol. The molecule has 4 nitrogen and oxygen atoms in total. The third kappa shape index (κ3) is 2.09. The van der Waals surface area contributed by atoms with Crippen LogP contribution in [-0.2, 0) is 9.59 Å². The zero-order chi connectivity index (χ0) is 16.4. The van der Waals surface area contributed by atoms with Gasteiger partial charge in [0.05, 0.1) is 0 Å². The largest absolute Gasteiger partial charge is 0.481 e. The van der Waals surface area contributed by atoms with E-state index in [-0.39, 0.29) is 17.4 Å². The highest BCUT2D eigenvalue weighted by Crippen LogP contribution is 2.64. The SMILES string of the molecule is C[C@@]12CCC[C@H]1[C@@H]1CCC3NC(=O)C(C(=O)O)C[C@]3(C)[C@@H]1CC2. The van der Waals surface area contributed by atoms with Gasteiger partial charge >= 0.3 is 5.97 Å². The molecule has 4 heteroatoms. The summed E-state index contributed by atoms with van der Waals surface area (Å²) in [6.07, 6.45) is 9.36. The summed E-state index contributed by atoms with van der Waals surface area (Å²) >= 11 is 0. The predicted octanol–water partition coefficient (Wildman–Crippen LogP) is 3.21. The predicted molar refractivity (Wildman–Crippen MR) is 86.7 cm³/mol. The van der Waals surface area contributed by atoms with Crippen LogP contribution in [0.5, 0.6) is 0 Å². The number of aliphatic carboxylic acids is 1. The second-order valence-corrected chi connectivity index (χ2v) is 9.20. The summed E-state index contributed by atoms with van der Waals surface area (Å²) in [4.78, 5) is 23.6. The molecule has 4 aliphatic rings. The number of amides is 1. The number of carboxylic acids is 1. The van der Waals surface area contributed by atoms with Gasteiger partial charge in [0.1, 0.15) is 5.92 Å². The molecule has 1 amide bonds. The molecular formula is C19H29NO3. The summed E-state index contributed by atoms with van der Waals surface area (Å²) < 4.78 is 0. The molecule has 23 heavy (non-hydrogen) atoms. The van der Waals surface area contributed by atoms with Gasteiger partial charge in [0, 0.05) is 6.04 Å².